The van der Waals surface area contributed by atoms with Crippen LogP contribution in [0.1, 0.15) is 36.0 Å². The first-order valence-electron chi connectivity index (χ1n) is 6.82. The van der Waals surface area contributed by atoms with Crippen LogP contribution in [0.4, 0.5) is 8.78 Å². The Kier molecular flexibility index (Phi) is 4.67. The third-order valence-corrected chi connectivity index (χ3v) is 3.77. The van der Waals surface area contributed by atoms with E-state index in [1.165, 1.54) is 6.07 Å². The zero-order chi connectivity index (χ0) is 15.5. The number of benzene rings is 1. The number of hydrogen-bond acceptors (Lipinski definition) is 3. The van der Waals surface area contributed by atoms with Gasteiger partial charge < -0.3 is 10.4 Å². The lowest BCUT2D eigenvalue weighted by Crippen LogP contribution is -2.32. The van der Waals surface area contributed by atoms with Gasteiger partial charge in [0.2, 0.25) is 5.91 Å². The van der Waals surface area contributed by atoms with Crippen LogP contribution in [0.2, 0.25) is 0 Å². The predicted octanol–water partition coefficient (Wildman–Crippen LogP) is 1.82. The maximum Gasteiger partial charge on any atom is 0.220 e. The zero-order valence-corrected chi connectivity index (χ0v) is 11.5. The van der Waals surface area contributed by atoms with E-state index in [0.717, 1.165) is 25.0 Å². The summed E-state index contributed by atoms with van der Waals surface area (Å²) in [5.74, 6) is -2.79. The summed E-state index contributed by atoms with van der Waals surface area (Å²) < 4.78 is 25.8. The van der Waals surface area contributed by atoms with Crippen LogP contribution in [-0.2, 0) is 4.79 Å². The second-order valence-electron chi connectivity index (χ2n) is 5.49. The van der Waals surface area contributed by atoms with Crippen LogP contribution in [-0.4, -0.2) is 29.9 Å². The molecule has 0 aromatic heterocycles. The Morgan fingerprint density at radius 2 is 1.90 bits per heavy atom. The van der Waals surface area contributed by atoms with Gasteiger partial charge in [0.25, 0.3) is 0 Å². The van der Waals surface area contributed by atoms with Crippen LogP contribution in [0.15, 0.2) is 18.2 Å². The lowest BCUT2D eigenvalue weighted by atomic mass is 10.1. The van der Waals surface area contributed by atoms with E-state index < -0.39 is 17.4 Å². The second-order valence-corrected chi connectivity index (χ2v) is 5.49. The van der Waals surface area contributed by atoms with E-state index >= 15 is 0 Å². The van der Waals surface area contributed by atoms with Gasteiger partial charge in [-0.15, -0.1) is 0 Å². The van der Waals surface area contributed by atoms with Crippen molar-refractivity contribution in [3.8, 4) is 0 Å². The molecule has 0 unspecified atom stereocenters. The molecule has 2 rings (SSSR count). The van der Waals surface area contributed by atoms with Gasteiger partial charge in [0, 0.05) is 30.4 Å². The summed E-state index contributed by atoms with van der Waals surface area (Å²) in [6.45, 7) is 0.447. The molecule has 0 spiro atoms. The van der Waals surface area contributed by atoms with Crippen molar-refractivity contribution >= 4 is 11.7 Å². The highest BCUT2D eigenvalue weighted by atomic mass is 19.2. The highest BCUT2D eigenvalue weighted by molar-refractivity contribution is 5.97. The standard InChI is InChI=1S/C15H17F2NO3/c16-11-2-1-10(7-12(11)17)13(20)3-4-14(21)18-8-15(9-19)5-6-15/h1-2,7,19H,3-6,8-9H2,(H,18,21). The summed E-state index contributed by atoms with van der Waals surface area (Å²) >= 11 is 0. The number of nitrogens with one attached hydrogen (secondary N) is 1. The molecule has 114 valence electrons. The fraction of sp³-hybridized carbons (Fsp3) is 0.467. The Labute approximate surface area is 121 Å². The summed E-state index contributed by atoms with van der Waals surface area (Å²) in [5.41, 5.74) is -0.129. The predicted molar refractivity (Wildman–Crippen MR) is 71.7 cm³/mol. The quantitative estimate of drug-likeness (QED) is 0.754. The summed E-state index contributed by atoms with van der Waals surface area (Å²) in [5, 5.41) is 11.8. The number of carbonyl (C=O) groups excluding carboxylic acids is 2. The molecular weight excluding hydrogens is 280 g/mol. The van der Waals surface area contributed by atoms with Crippen molar-refractivity contribution in [2.45, 2.75) is 25.7 Å². The summed E-state index contributed by atoms with van der Waals surface area (Å²) in [7, 11) is 0. The Balaban J connectivity index is 1.78. The Bertz CT molecular complexity index is 556. The maximum absolute atomic E-state index is 13.0. The lowest BCUT2D eigenvalue weighted by Gasteiger charge is -2.12. The van der Waals surface area contributed by atoms with Crippen molar-refractivity contribution in [2.24, 2.45) is 5.41 Å². The number of aliphatic hydroxyl groups is 1. The molecule has 0 atom stereocenters. The van der Waals surface area contributed by atoms with E-state index in [1.807, 2.05) is 0 Å². The molecule has 0 aliphatic heterocycles. The average Bonchev–Trinajstić information content (AvgIpc) is 3.26. The number of Topliss-reactive ketones (excluding diaryl/α,β-unsaturated/α-hetero) is 1. The van der Waals surface area contributed by atoms with Crippen molar-refractivity contribution < 1.29 is 23.5 Å². The number of aliphatic hydroxyl groups excluding tert-OH is 1. The number of hydrogen-bond donors (Lipinski definition) is 2. The van der Waals surface area contributed by atoms with Gasteiger partial charge in [0.15, 0.2) is 17.4 Å². The van der Waals surface area contributed by atoms with Gasteiger partial charge in [-0.25, -0.2) is 8.78 Å². The monoisotopic (exact) mass is 297 g/mol. The maximum atomic E-state index is 13.0. The fourth-order valence-electron chi connectivity index (χ4n) is 1.98. The SMILES string of the molecule is O=C(CCC(=O)c1ccc(F)c(F)c1)NCC1(CO)CC1. The van der Waals surface area contributed by atoms with E-state index in [1.54, 1.807) is 0 Å². The van der Waals surface area contributed by atoms with Gasteiger partial charge in [-0.1, -0.05) is 0 Å². The van der Waals surface area contributed by atoms with E-state index in [4.69, 9.17) is 5.11 Å². The molecule has 1 amide bonds. The van der Waals surface area contributed by atoms with E-state index in [9.17, 15) is 18.4 Å². The summed E-state index contributed by atoms with van der Waals surface area (Å²) in [6, 6.07) is 2.92. The van der Waals surface area contributed by atoms with E-state index in [2.05, 4.69) is 5.32 Å². The minimum absolute atomic E-state index is 0.0145. The lowest BCUT2D eigenvalue weighted by molar-refractivity contribution is -0.121. The third kappa shape index (κ3) is 4.07. The molecule has 1 aliphatic carbocycles. The molecule has 1 saturated carbocycles. The van der Waals surface area contributed by atoms with Crippen molar-refractivity contribution in [3.63, 3.8) is 0 Å². The smallest absolute Gasteiger partial charge is 0.220 e. The Hall–Kier alpha value is -1.82. The van der Waals surface area contributed by atoms with E-state index in [-0.39, 0.29) is 36.3 Å². The highest BCUT2D eigenvalue weighted by Crippen LogP contribution is 2.44. The second kappa shape index (κ2) is 6.30. The molecule has 6 heteroatoms. The van der Waals surface area contributed by atoms with Crippen LogP contribution >= 0.6 is 0 Å². The Morgan fingerprint density at radius 3 is 2.48 bits per heavy atom. The molecule has 0 saturated heterocycles. The van der Waals surface area contributed by atoms with Gasteiger partial charge >= 0.3 is 0 Å². The van der Waals surface area contributed by atoms with Crippen LogP contribution in [0, 0.1) is 17.0 Å². The number of rotatable bonds is 7. The van der Waals surface area contributed by atoms with Crippen LogP contribution < -0.4 is 5.32 Å². The normalized spacial score (nSPS) is 15.6. The Morgan fingerprint density at radius 1 is 1.19 bits per heavy atom. The minimum Gasteiger partial charge on any atom is -0.396 e. The molecule has 0 radical (unpaired) electrons. The van der Waals surface area contributed by atoms with Gasteiger partial charge in [-0.2, -0.15) is 0 Å². The first kappa shape index (κ1) is 15.6. The fourth-order valence-corrected chi connectivity index (χ4v) is 1.98. The summed E-state index contributed by atoms with van der Waals surface area (Å²) in [6.07, 6.45) is 1.69. The molecule has 1 aromatic rings. The minimum atomic E-state index is -1.08. The average molecular weight is 297 g/mol. The van der Waals surface area contributed by atoms with Crippen molar-refractivity contribution in [1.29, 1.82) is 0 Å². The van der Waals surface area contributed by atoms with Crippen LogP contribution in [0.5, 0.6) is 0 Å². The highest BCUT2D eigenvalue weighted by Gasteiger charge is 2.41. The van der Waals surface area contributed by atoms with Crippen LogP contribution in [0.25, 0.3) is 0 Å². The first-order valence-corrected chi connectivity index (χ1v) is 6.82. The first-order chi connectivity index (χ1) is 9.96. The zero-order valence-electron chi connectivity index (χ0n) is 11.5. The molecule has 21 heavy (non-hydrogen) atoms. The number of ketones is 1. The van der Waals surface area contributed by atoms with E-state index in [0.29, 0.717) is 6.54 Å². The largest absolute Gasteiger partial charge is 0.396 e. The molecule has 0 bridgehead atoms. The van der Waals surface area contributed by atoms with Crippen LogP contribution in [0.3, 0.4) is 0 Å². The topological polar surface area (TPSA) is 66.4 Å². The van der Waals surface area contributed by atoms with Crippen molar-refractivity contribution in [1.82, 2.24) is 5.32 Å². The van der Waals surface area contributed by atoms with Gasteiger partial charge in [0.05, 0.1) is 6.61 Å². The molecule has 0 heterocycles. The summed E-state index contributed by atoms with van der Waals surface area (Å²) in [4.78, 5) is 23.4. The molecule has 2 N–H and O–H groups in total. The van der Waals surface area contributed by atoms with Crippen molar-refractivity contribution in [3.05, 3.63) is 35.4 Å². The third-order valence-electron chi connectivity index (χ3n) is 3.77. The molecule has 4 nitrogen and oxygen atoms in total. The van der Waals surface area contributed by atoms with Gasteiger partial charge in [-0.05, 0) is 31.0 Å². The van der Waals surface area contributed by atoms with Gasteiger partial charge in [0.1, 0.15) is 0 Å². The number of halogens is 2. The number of amides is 1. The van der Waals surface area contributed by atoms with Crippen molar-refractivity contribution in [2.75, 3.05) is 13.2 Å². The molecular formula is C15H17F2NO3. The molecule has 1 aliphatic rings. The number of carbonyl (C=O) groups is 2. The molecule has 1 aromatic carbocycles. The molecule has 1 fully saturated rings. The van der Waals surface area contributed by atoms with Gasteiger partial charge in [-0.3, -0.25) is 9.59 Å².